The summed E-state index contributed by atoms with van der Waals surface area (Å²) in [6, 6.07) is 8.11. The van der Waals surface area contributed by atoms with Crippen molar-refractivity contribution >= 4 is 40.9 Å². The molecule has 1 aromatic carbocycles. The Morgan fingerprint density at radius 1 is 1.17 bits per heavy atom. The van der Waals surface area contributed by atoms with Crippen LogP contribution in [0.1, 0.15) is 30.6 Å². The molecule has 0 fully saturated rings. The molecule has 2 N–H and O–H groups in total. The highest BCUT2D eigenvalue weighted by Gasteiger charge is 2.10. The third-order valence-corrected chi connectivity index (χ3v) is 3.90. The van der Waals surface area contributed by atoms with Crippen LogP contribution in [0.15, 0.2) is 33.7 Å². The summed E-state index contributed by atoms with van der Waals surface area (Å²) >= 11 is 0. The third kappa shape index (κ3) is 5.98. The average molecular weight is 445 g/mol. The highest BCUT2D eigenvalue weighted by atomic mass is 127. The molecule has 0 spiro atoms. The normalized spacial score (nSPS) is 11.4. The molecule has 0 bridgehead atoms. The lowest BCUT2D eigenvalue weighted by molar-refractivity contribution is 0.192. The number of hydrogen-bond acceptors (Lipinski definition) is 3. The van der Waals surface area contributed by atoms with Gasteiger partial charge in [-0.3, -0.25) is 4.99 Å². The first-order valence-corrected chi connectivity index (χ1v) is 8.16. The van der Waals surface area contributed by atoms with Gasteiger partial charge in [0.05, 0.1) is 6.54 Å². The van der Waals surface area contributed by atoms with E-state index >= 15 is 0 Å². The maximum Gasteiger partial charge on any atom is 0.191 e. The first kappa shape index (κ1) is 20.8. The summed E-state index contributed by atoms with van der Waals surface area (Å²) in [5, 5.41) is 7.81. The van der Waals surface area contributed by atoms with Crippen LogP contribution in [0.25, 0.3) is 11.0 Å². The van der Waals surface area contributed by atoms with Gasteiger partial charge in [-0.05, 0) is 32.3 Å². The minimum atomic E-state index is 0. The number of hydrogen-bond donors (Lipinski definition) is 2. The van der Waals surface area contributed by atoms with E-state index in [1.165, 1.54) is 10.9 Å². The Hall–Kier alpha value is -1.28. The van der Waals surface area contributed by atoms with Gasteiger partial charge in [-0.25, -0.2) is 0 Å². The van der Waals surface area contributed by atoms with Crippen LogP contribution in [0, 0.1) is 6.92 Å². The Morgan fingerprint density at radius 2 is 1.96 bits per heavy atom. The van der Waals surface area contributed by atoms with Crippen LogP contribution in [0.3, 0.4) is 0 Å². The van der Waals surface area contributed by atoms with Crippen LogP contribution in [0.2, 0.25) is 0 Å². The zero-order valence-electron chi connectivity index (χ0n) is 14.7. The summed E-state index contributed by atoms with van der Waals surface area (Å²) in [5.74, 6) is 1.76. The van der Waals surface area contributed by atoms with E-state index < -0.39 is 0 Å². The Bertz CT molecular complexity index is 640. The van der Waals surface area contributed by atoms with Crippen LogP contribution >= 0.6 is 24.0 Å². The molecule has 1 heterocycles. The predicted molar refractivity (Wildman–Crippen MR) is 110 cm³/mol. The van der Waals surface area contributed by atoms with Gasteiger partial charge >= 0.3 is 0 Å². The zero-order valence-corrected chi connectivity index (χ0v) is 17.1. The van der Waals surface area contributed by atoms with Crippen LogP contribution < -0.4 is 10.6 Å². The summed E-state index contributed by atoms with van der Waals surface area (Å²) in [4.78, 5) is 4.25. The molecular formula is C18H28IN3O2. The minimum Gasteiger partial charge on any atom is -0.459 e. The zero-order chi connectivity index (χ0) is 16.5. The fraction of sp³-hybridized carbons (Fsp3) is 0.500. The first-order valence-electron chi connectivity index (χ1n) is 8.16. The summed E-state index contributed by atoms with van der Waals surface area (Å²) in [6.07, 6.45) is 3.36. The number of nitrogens with one attached hydrogen (secondary N) is 2. The highest BCUT2D eigenvalue weighted by molar-refractivity contribution is 14.0. The number of nitrogens with zero attached hydrogens (tertiary/aromatic N) is 1. The molecule has 6 heteroatoms. The number of para-hydroxylation sites is 1. The Labute approximate surface area is 161 Å². The largest absolute Gasteiger partial charge is 0.459 e. The van der Waals surface area contributed by atoms with Crippen molar-refractivity contribution < 1.29 is 9.15 Å². The second-order valence-electron chi connectivity index (χ2n) is 5.55. The molecule has 1 aromatic heterocycles. The second-order valence-corrected chi connectivity index (χ2v) is 5.55. The third-order valence-electron chi connectivity index (χ3n) is 3.90. The molecule has 0 aliphatic carbocycles. The highest BCUT2D eigenvalue weighted by Crippen LogP contribution is 2.24. The van der Waals surface area contributed by atoms with Gasteiger partial charge in [-0.1, -0.05) is 18.2 Å². The predicted octanol–water partition coefficient (Wildman–Crippen LogP) is 3.84. The number of guanidine groups is 1. The van der Waals surface area contributed by atoms with E-state index in [0.717, 1.165) is 49.7 Å². The van der Waals surface area contributed by atoms with E-state index in [2.05, 4.69) is 28.6 Å². The molecule has 24 heavy (non-hydrogen) atoms. The number of benzene rings is 1. The summed E-state index contributed by atoms with van der Waals surface area (Å²) in [5.41, 5.74) is 2.12. The molecule has 0 aliphatic rings. The molecule has 2 aromatic rings. The lowest BCUT2D eigenvalue weighted by Crippen LogP contribution is -2.37. The average Bonchev–Trinajstić information content (AvgIpc) is 2.90. The van der Waals surface area contributed by atoms with Crippen molar-refractivity contribution in [2.45, 2.75) is 32.7 Å². The Kier molecular flexibility index (Phi) is 9.78. The van der Waals surface area contributed by atoms with E-state index in [0.29, 0.717) is 6.54 Å². The molecule has 0 atom stereocenters. The molecule has 0 radical (unpaired) electrons. The molecule has 0 saturated heterocycles. The molecule has 0 unspecified atom stereocenters. The number of methoxy groups -OCH3 is 1. The smallest absolute Gasteiger partial charge is 0.191 e. The van der Waals surface area contributed by atoms with Gasteiger partial charge in [0.15, 0.2) is 5.96 Å². The van der Waals surface area contributed by atoms with Crippen LogP contribution in [-0.2, 0) is 11.3 Å². The number of ether oxygens (including phenoxy) is 1. The van der Waals surface area contributed by atoms with Crippen molar-refractivity contribution in [1.29, 1.82) is 0 Å². The minimum absolute atomic E-state index is 0. The summed E-state index contributed by atoms with van der Waals surface area (Å²) in [7, 11) is 3.52. The Balaban J connectivity index is 0.00000288. The fourth-order valence-corrected chi connectivity index (χ4v) is 2.53. The number of rotatable bonds is 8. The molecule has 0 saturated carbocycles. The van der Waals surface area contributed by atoms with Gasteiger partial charge in [0, 0.05) is 38.3 Å². The molecule has 134 valence electrons. The quantitative estimate of drug-likeness (QED) is 0.281. The molecule has 2 rings (SSSR count). The van der Waals surface area contributed by atoms with Crippen LogP contribution in [0.5, 0.6) is 0 Å². The number of halogens is 1. The monoisotopic (exact) mass is 445 g/mol. The van der Waals surface area contributed by atoms with Gasteiger partial charge in [0.25, 0.3) is 0 Å². The van der Waals surface area contributed by atoms with Gasteiger partial charge in [-0.2, -0.15) is 0 Å². The van der Waals surface area contributed by atoms with Crippen molar-refractivity contribution in [3.05, 3.63) is 35.6 Å². The standard InChI is InChI=1S/C18H27N3O2.HI/c1-14-15-9-5-6-10-16(15)23-17(14)13-21-18(19-2)20-11-7-4-8-12-22-3;/h5-6,9-10H,4,7-8,11-13H2,1-3H3,(H2,19,20,21);1H. The second kappa shape index (κ2) is 11.3. The van der Waals surface area contributed by atoms with Crippen molar-refractivity contribution in [2.75, 3.05) is 27.3 Å². The fourth-order valence-electron chi connectivity index (χ4n) is 2.53. The van der Waals surface area contributed by atoms with E-state index in [-0.39, 0.29) is 24.0 Å². The topological polar surface area (TPSA) is 58.8 Å². The van der Waals surface area contributed by atoms with Gasteiger partial charge < -0.3 is 19.8 Å². The number of aliphatic imine (C=N–C) groups is 1. The number of aryl methyl sites for hydroxylation is 1. The maximum atomic E-state index is 5.90. The van der Waals surface area contributed by atoms with Crippen LogP contribution in [0.4, 0.5) is 0 Å². The van der Waals surface area contributed by atoms with Gasteiger partial charge in [0.2, 0.25) is 0 Å². The molecule has 5 nitrogen and oxygen atoms in total. The Morgan fingerprint density at radius 3 is 2.67 bits per heavy atom. The number of furan rings is 1. The maximum absolute atomic E-state index is 5.90. The molecule has 0 amide bonds. The molecular weight excluding hydrogens is 417 g/mol. The van der Waals surface area contributed by atoms with Crippen molar-refractivity contribution in [2.24, 2.45) is 4.99 Å². The number of fused-ring (bicyclic) bond motifs is 1. The summed E-state index contributed by atoms with van der Waals surface area (Å²) in [6.45, 7) is 4.46. The number of unbranched alkanes of at least 4 members (excludes halogenated alkanes) is 2. The van der Waals surface area contributed by atoms with Crippen molar-refractivity contribution in [3.63, 3.8) is 0 Å². The summed E-state index contributed by atoms with van der Waals surface area (Å²) < 4.78 is 11.0. The lowest BCUT2D eigenvalue weighted by atomic mass is 10.1. The lowest BCUT2D eigenvalue weighted by Gasteiger charge is -2.11. The van der Waals surface area contributed by atoms with E-state index in [4.69, 9.17) is 9.15 Å². The molecule has 0 aliphatic heterocycles. The van der Waals surface area contributed by atoms with Crippen molar-refractivity contribution in [1.82, 2.24) is 10.6 Å². The van der Waals surface area contributed by atoms with E-state index in [9.17, 15) is 0 Å². The van der Waals surface area contributed by atoms with E-state index in [1.807, 2.05) is 18.2 Å². The SMILES string of the molecule is CN=C(NCCCCCOC)NCc1oc2ccccc2c1C.I. The van der Waals surface area contributed by atoms with E-state index in [1.54, 1.807) is 14.2 Å². The van der Waals surface area contributed by atoms with Gasteiger partial charge in [0.1, 0.15) is 11.3 Å². The van der Waals surface area contributed by atoms with Crippen molar-refractivity contribution in [3.8, 4) is 0 Å². The van der Waals surface area contributed by atoms with Crippen LogP contribution in [-0.4, -0.2) is 33.3 Å². The first-order chi connectivity index (χ1) is 11.3. The van der Waals surface area contributed by atoms with Gasteiger partial charge in [-0.15, -0.1) is 24.0 Å².